The number of hydrogen-bond acceptors (Lipinski definition) is 6. The van der Waals surface area contributed by atoms with Gasteiger partial charge in [-0.15, -0.1) is 0 Å². The van der Waals surface area contributed by atoms with Gasteiger partial charge in [-0.25, -0.2) is 4.79 Å². The van der Waals surface area contributed by atoms with E-state index in [2.05, 4.69) is 15.5 Å². The number of carbonyl (C=O) groups is 2. The lowest BCUT2D eigenvalue weighted by molar-refractivity contribution is -0.131. The molecule has 1 spiro atoms. The predicted octanol–water partition coefficient (Wildman–Crippen LogP) is 0.559. The first-order valence-electron chi connectivity index (χ1n) is 6.18. The van der Waals surface area contributed by atoms with Gasteiger partial charge in [-0.2, -0.15) is 16.7 Å². The number of hydrogen-bond donors (Lipinski definition) is 1. The molecule has 102 valence electrons. The van der Waals surface area contributed by atoms with Crippen molar-refractivity contribution in [2.45, 2.75) is 31.8 Å². The first kappa shape index (κ1) is 12.5. The second-order valence-corrected chi connectivity index (χ2v) is 5.77. The first-order chi connectivity index (χ1) is 9.14. The van der Waals surface area contributed by atoms with Gasteiger partial charge in [-0.1, -0.05) is 12.1 Å². The van der Waals surface area contributed by atoms with E-state index in [0.717, 1.165) is 5.75 Å². The molecule has 0 radical (unpaired) electrons. The minimum Gasteiger partial charge on any atom is -0.337 e. The molecule has 3 rings (SSSR count). The average Bonchev–Trinajstić information content (AvgIpc) is 3.08. The van der Waals surface area contributed by atoms with Crippen molar-refractivity contribution in [1.29, 1.82) is 0 Å². The quantitative estimate of drug-likeness (QED) is 0.815. The van der Waals surface area contributed by atoms with E-state index in [1.54, 1.807) is 11.8 Å². The maximum atomic E-state index is 12.4. The number of nitrogens with zero attached hydrogens (tertiary/aromatic N) is 3. The zero-order valence-corrected chi connectivity index (χ0v) is 11.3. The summed E-state index contributed by atoms with van der Waals surface area (Å²) in [7, 11) is 0. The minimum atomic E-state index is -0.713. The van der Waals surface area contributed by atoms with Crippen molar-refractivity contribution in [3.63, 3.8) is 0 Å². The van der Waals surface area contributed by atoms with Gasteiger partial charge in [-0.3, -0.25) is 9.69 Å². The number of thioether (sulfide) groups is 1. The van der Waals surface area contributed by atoms with E-state index in [0.29, 0.717) is 30.3 Å². The molecule has 0 saturated carbocycles. The molecule has 2 saturated heterocycles. The third kappa shape index (κ3) is 1.99. The van der Waals surface area contributed by atoms with E-state index in [4.69, 9.17) is 4.52 Å². The molecule has 1 aromatic heterocycles. The number of nitrogens with one attached hydrogen (secondary N) is 1. The molecule has 8 heteroatoms. The molecule has 2 aliphatic rings. The summed E-state index contributed by atoms with van der Waals surface area (Å²) in [5.74, 6) is 2.22. The summed E-state index contributed by atoms with van der Waals surface area (Å²) >= 11 is 1.68. The van der Waals surface area contributed by atoms with Gasteiger partial charge in [-0.05, 0) is 12.2 Å². The molecule has 2 fully saturated rings. The standard InChI is InChI=1S/C11H14N4O3S/c1-2-7-12-8(18-14-7)5-15-9(16)11(13-10(15)17)3-4-19-6-11/h2-6H2,1H3,(H,13,17)/t11-/m0/s1. The van der Waals surface area contributed by atoms with Crippen LogP contribution in [0.1, 0.15) is 25.1 Å². The molecular weight excluding hydrogens is 268 g/mol. The van der Waals surface area contributed by atoms with E-state index in [1.807, 2.05) is 6.92 Å². The lowest BCUT2D eigenvalue weighted by Crippen LogP contribution is -2.46. The monoisotopic (exact) mass is 282 g/mol. The number of aryl methyl sites for hydroxylation is 1. The number of rotatable bonds is 3. The number of amides is 3. The Labute approximate surface area is 114 Å². The Bertz CT molecular complexity index is 524. The van der Waals surface area contributed by atoms with Crippen molar-refractivity contribution in [2.75, 3.05) is 11.5 Å². The zero-order chi connectivity index (χ0) is 13.5. The number of urea groups is 1. The van der Waals surface area contributed by atoms with Gasteiger partial charge in [0.25, 0.3) is 5.91 Å². The molecule has 2 aliphatic heterocycles. The fraction of sp³-hybridized carbons (Fsp3) is 0.636. The van der Waals surface area contributed by atoms with Crippen LogP contribution in [0, 0.1) is 0 Å². The van der Waals surface area contributed by atoms with E-state index in [1.165, 1.54) is 4.90 Å². The summed E-state index contributed by atoms with van der Waals surface area (Å²) in [5, 5.41) is 6.55. The van der Waals surface area contributed by atoms with Crippen LogP contribution in [0.25, 0.3) is 0 Å². The number of carbonyl (C=O) groups excluding carboxylic acids is 2. The zero-order valence-electron chi connectivity index (χ0n) is 10.5. The highest BCUT2D eigenvalue weighted by Gasteiger charge is 2.53. The topological polar surface area (TPSA) is 88.3 Å². The van der Waals surface area contributed by atoms with Crippen LogP contribution < -0.4 is 5.32 Å². The third-order valence-electron chi connectivity index (χ3n) is 3.39. The molecule has 19 heavy (non-hydrogen) atoms. The first-order valence-corrected chi connectivity index (χ1v) is 7.33. The van der Waals surface area contributed by atoms with Crippen molar-refractivity contribution in [1.82, 2.24) is 20.4 Å². The molecule has 7 nitrogen and oxygen atoms in total. The summed E-state index contributed by atoms with van der Waals surface area (Å²) in [4.78, 5) is 29.6. The molecule has 1 N–H and O–H groups in total. The number of imide groups is 1. The Morgan fingerprint density at radius 1 is 1.53 bits per heavy atom. The van der Waals surface area contributed by atoms with Gasteiger partial charge in [0.2, 0.25) is 5.89 Å². The molecule has 0 bridgehead atoms. The molecular formula is C11H14N4O3S. The summed E-state index contributed by atoms with van der Waals surface area (Å²) < 4.78 is 5.02. The molecule has 3 heterocycles. The largest absolute Gasteiger partial charge is 0.337 e. The van der Waals surface area contributed by atoms with Crippen molar-refractivity contribution >= 4 is 23.7 Å². The minimum absolute atomic E-state index is 0.0457. The Balaban J connectivity index is 1.77. The Morgan fingerprint density at radius 3 is 3.00 bits per heavy atom. The highest BCUT2D eigenvalue weighted by Crippen LogP contribution is 2.33. The molecule has 0 unspecified atom stereocenters. The van der Waals surface area contributed by atoms with Crippen LogP contribution in [0.3, 0.4) is 0 Å². The van der Waals surface area contributed by atoms with Crippen LogP contribution in [-0.4, -0.2) is 44.0 Å². The summed E-state index contributed by atoms with van der Waals surface area (Å²) in [6, 6.07) is -0.372. The predicted molar refractivity (Wildman–Crippen MR) is 67.4 cm³/mol. The lowest BCUT2D eigenvalue weighted by atomic mass is 9.99. The van der Waals surface area contributed by atoms with E-state index < -0.39 is 5.54 Å². The Morgan fingerprint density at radius 2 is 2.37 bits per heavy atom. The second-order valence-electron chi connectivity index (χ2n) is 4.66. The van der Waals surface area contributed by atoms with Crippen molar-refractivity contribution in [3.05, 3.63) is 11.7 Å². The van der Waals surface area contributed by atoms with E-state index >= 15 is 0 Å². The Kier molecular flexibility index (Phi) is 2.96. The van der Waals surface area contributed by atoms with Crippen molar-refractivity contribution < 1.29 is 14.1 Å². The van der Waals surface area contributed by atoms with Gasteiger partial charge in [0, 0.05) is 12.2 Å². The number of aromatic nitrogens is 2. The highest BCUT2D eigenvalue weighted by atomic mass is 32.2. The SMILES string of the molecule is CCc1noc(CN2C(=O)N[C@]3(CCSC3)C2=O)n1. The van der Waals surface area contributed by atoms with Crippen molar-refractivity contribution in [2.24, 2.45) is 0 Å². The second kappa shape index (κ2) is 4.52. The molecule has 0 aliphatic carbocycles. The third-order valence-corrected chi connectivity index (χ3v) is 4.58. The van der Waals surface area contributed by atoms with Crippen LogP contribution in [-0.2, 0) is 17.8 Å². The summed E-state index contributed by atoms with van der Waals surface area (Å²) in [6.45, 7) is 1.96. The maximum absolute atomic E-state index is 12.4. The Hall–Kier alpha value is -1.57. The fourth-order valence-electron chi connectivity index (χ4n) is 2.29. The van der Waals surface area contributed by atoms with Gasteiger partial charge in [0.05, 0.1) is 0 Å². The van der Waals surface area contributed by atoms with E-state index in [-0.39, 0.29) is 18.5 Å². The van der Waals surface area contributed by atoms with Gasteiger partial charge >= 0.3 is 6.03 Å². The molecule has 0 aromatic carbocycles. The maximum Gasteiger partial charge on any atom is 0.325 e. The summed E-state index contributed by atoms with van der Waals surface area (Å²) in [5.41, 5.74) is -0.713. The average molecular weight is 282 g/mol. The highest BCUT2D eigenvalue weighted by molar-refractivity contribution is 7.99. The summed E-state index contributed by atoms with van der Waals surface area (Å²) in [6.07, 6.45) is 1.34. The van der Waals surface area contributed by atoms with E-state index in [9.17, 15) is 9.59 Å². The van der Waals surface area contributed by atoms with Gasteiger partial charge < -0.3 is 9.84 Å². The van der Waals surface area contributed by atoms with Gasteiger partial charge in [0.1, 0.15) is 12.1 Å². The van der Waals surface area contributed by atoms with Crippen molar-refractivity contribution in [3.8, 4) is 0 Å². The fourth-order valence-corrected chi connectivity index (χ4v) is 3.61. The van der Waals surface area contributed by atoms with Crippen LogP contribution in [0.15, 0.2) is 4.52 Å². The molecule has 3 amide bonds. The normalized spacial score (nSPS) is 26.5. The van der Waals surface area contributed by atoms with Crippen LogP contribution in [0.4, 0.5) is 4.79 Å². The lowest BCUT2D eigenvalue weighted by Gasteiger charge is -2.18. The molecule has 1 atom stereocenters. The van der Waals surface area contributed by atoms with Crippen LogP contribution in [0.5, 0.6) is 0 Å². The molecule has 1 aromatic rings. The van der Waals surface area contributed by atoms with Crippen LogP contribution >= 0.6 is 11.8 Å². The van der Waals surface area contributed by atoms with Crippen LogP contribution in [0.2, 0.25) is 0 Å². The smallest absolute Gasteiger partial charge is 0.325 e. The van der Waals surface area contributed by atoms with Gasteiger partial charge in [0.15, 0.2) is 5.82 Å².